The number of benzene rings is 1. The molecule has 0 spiro atoms. The van der Waals surface area contributed by atoms with Gasteiger partial charge in [0.05, 0.1) is 25.5 Å². The highest BCUT2D eigenvalue weighted by atomic mass is 32.1. The summed E-state index contributed by atoms with van der Waals surface area (Å²) >= 11 is 1.40. The van der Waals surface area contributed by atoms with Gasteiger partial charge < -0.3 is 14.5 Å². The minimum Gasteiger partial charge on any atom is -0.462 e. The van der Waals surface area contributed by atoms with E-state index < -0.39 is 0 Å². The van der Waals surface area contributed by atoms with E-state index in [1.54, 1.807) is 11.6 Å². The molecule has 1 amide bonds. The number of ether oxygens (including phenoxy) is 1. The lowest BCUT2D eigenvalue weighted by Crippen LogP contribution is -2.43. The van der Waals surface area contributed by atoms with Gasteiger partial charge in [0.15, 0.2) is 10.8 Å². The highest BCUT2D eigenvalue weighted by molar-refractivity contribution is 7.13. The summed E-state index contributed by atoms with van der Waals surface area (Å²) in [7, 11) is 0. The van der Waals surface area contributed by atoms with Gasteiger partial charge in [0.1, 0.15) is 5.69 Å². The van der Waals surface area contributed by atoms with Crippen molar-refractivity contribution in [3.63, 3.8) is 0 Å². The zero-order valence-corrected chi connectivity index (χ0v) is 15.7. The van der Waals surface area contributed by atoms with E-state index in [4.69, 9.17) is 9.15 Å². The molecule has 3 aromatic rings. The van der Waals surface area contributed by atoms with E-state index in [0.29, 0.717) is 16.5 Å². The van der Waals surface area contributed by atoms with Crippen LogP contribution < -0.4 is 5.32 Å². The van der Waals surface area contributed by atoms with Gasteiger partial charge in [-0.1, -0.05) is 30.3 Å². The lowest BCUT2D eigenvalue weighted by molar-refractivity contribution is 0.0332. The Morgan fingerprint density at radius 2 is 2.00 bits per heavy atom. The smallest absolute Gasteiger partial charge is 0.271 e. The fourth-order valence-electron chi connectivity index (χ4n) is 3.09. The van der Waals surface area contributed by atoms with Gasteiger partial charge in [-0.05, 0) is 17.7 Å². The van der Waals surface area contributed by atoms with E-state index in [0.717, 1.165) is 38.4 Å². The monoisotopic (exact) mass is 383 g/mol. The highest BCUT2D eigenvalue weighted by Crippen LogP contribution is 2.24. The third-order valence-corrected chi connectivity index (χ3v) is 5.38. The van der Waals surface area contributed by atoms with Gasteiger partial charge in [0.25, 0.3) is 5.91 Å². The maximum absolute atomic E-state index is 12.8. The van der Waals surface area contributed by atoms with Gasteiger partial charge in [-0.3, -0.25) is 9.69 Å². The summed E-state index contributed by atoms with van der Waals surface area (Å²) in [6, 6.07) is 13.6. The molecular formula is C20H21N3O3S. The summed E-state index contributed by atoms with van der Waals surface area (Å²) in [5.41, 5.74) is 1.49. The van der Waals surface area contributed by atoms with E-state index >= 15 is 0 Å². The predicted octanol–water partition coefficient (Wildman–Crippen LogP) is 3.21. The van der Waals surface area contributed by atoms with Crippen molar-refractivity contribution in [3.05, 3.63) is 65.4 Å². The van der Waals surface area contributed by atoms with Crippen molar-refractivity contribution in [2.24, 2.45) is 0 Å². The average molecular weight is 383 g/mol. The normalized spacial score (nSPS) is 16.1. The van der Waals surface area contributed by atoms with Crippen LogP contribution in [0.2, 0.25) is 0 Å². The maximum Gasteiger partial charge on any atom is 0.271 e. The van der Waals surface area contributed by atoms with Crippen molar-refractivity contribution in [1.29, 1.82) is 0 Å². The molecule has 1 aliphatic rings. The van der Waals surface area contributed by atoms with Crippen LogP contribution in [0.15, 0.2) is 58.5 Å². The Morgan fingerprint density at radius 1 is 1.19 bits per heavy atom. The molecule has 1 fully saturated rings. The Balaban J connectivity index is 1.49. The molecule has 0 aliphatic carbocycles. The third kappa shape index (κ3) is 4.44. The molecule has 0 radical (unpaired) electrons. The van der Waals surface area contributed by atoms with Gasteiger partial charge in [-0.25, -0.2) is 4.98 Å². The van der Waals surface area contributed by atoms with Crippen molar-refractivity contribution in [1.82, 2.24) is 15.2 Å². The van der Waals surface area contributed by atoms with Gasteiger partial charge in [0.2, 0.25) is 0 Å². The number of hydrogen-bond donors (Lipinski definition) is 1. The molecule has 6 nitrogen and oxygen atoms in total. The quantitative estimate of drug-likeness (QED) is 0.708. The SMILES string of the molecule is O=C(NC(CN1CCOCC1)c1ccccc1)c1csc(-c2ccco2)n1. The zero-order valence-electron chi connectivity index (χ0n) is 14.8. The Kier molecular flexibility index (Phi) is 5.62. The molecule has 2 aromatic heterocycles. The summed E-state index contributed by atoms with van der Waals surface area (Å²) in [6.07, 6.45) is 1.60. The summed E-state index contributed by atoms with van der Waals surface area (Å²) < 4.78 is 10.8. The fraction of sp³-hybridized carbons (Fsp3) is 0.300. The molecule has 1 aliphatic heterocycles. The van der Waals surface area contributed by atoms with E-state index in [1.807, 2.05) is 42.5 Å². The number of aromatic nitrogens is 1. The Morgan fingerprint density at radius 3 is 2.74 bits per heavy atom. The molecule has 7 heteroatoms. The number of amides is 1. The van der Waals surface area contributed by atoms with E-state index in [1.165, 1.54) is 11.3 Å². The van der Waals surface area contributed by atoms with E-state index in [-0.39, 0.29) is 11.9 Å². The van der Waals surface area contributed by atoms with Crippen LogP contribution in [-0.4, -0.2) is 48.6 Å². The molecule has 4 rings (SSSR count). The number of carbonyl (C=O) groups is 1. The molecule has 1 atom stereocenters. The van der Waals surface area contributed by atoms with Crippen LogP contribution in [0, 0.1) is 0 Å². The molecule has 0 bridgehead atoms. The molecule has 1 N–H and O–H groups in total. The van der Waals surface area contributed by atoms with Crippen LogP contribution in [0.4, 0.5) is 0 Å². The summed E-state index contributed by atoms with van der Waals surface area (Å²) in [5.74, 6) is 0.498. The van der Waals surface area contributed by atoms with Crippen molar-refractivity contribution in [3.8, 4) is 10.8 Å². The number of furan rings is 1. The van der Waals surface area contributed by atoms with Crippen molar-refractivity contribution < 1.29 is 13.9 Å². The Bertz CT molecular complexity index is 858. The number of nitrogens with one attached hydrogen (secondary N) is 1. The lowest BCUT2D eigenvalue weighted by atomic mass is 10.1. The number of thiazole rings is 1. The van der Waals surface area contributed by atoms with Crippen molar-refractivity contribution in [2.45, 2.75) is 6.04 Å². The van der Waals surface area contributed by atoms with Gasteiger partial charge >= 0.3 is 0 Å². The predicted molar refractivity (Wildman–Crippen MR) is 104 cm³/mol. The van der Waals surface area contributed by atoms with Crippen LogP contribution in [-0.2, 0) is 4.74 Å². The zero-order chi connectivity index (χ0) is 18.5. The number of hydrogen-bond acceptors (Lipinski definition) is 6. The average Bonchev–Trinajstić information content (AvgIpc) is 3.41. The molecule has 140 valence electrons. The Labute approximate surface area is 161 Å². The van der Waals surface area contributed by atoms with Gasteiger partial charge in [-0.15, -0.1) is 11.3 Å². The van der Waals surface area contributed by atoms with Crippen LogP contribution in [0.3, 0.4) is 0 Å². The molecule has 1 unspecified atom stereocenters. The number of nitrogens with zero attached hydrogens (tertiary/aromatic N) is 2. The molecular weight excluding hydrogens is 362 g/mol. The molecule has 27 heavy (non-hydrogen) atoms. The largest absolute Gasteiger partial charge is 0.462 e. The molecule has 0 saturated carbocycles. The molecule has 1 aromatic carbocycles. The van der Waals surface area contributed by atoms with Gasteiger partial charge in [0, 0.05) is 25.0 Å². The van der Waals surface area contributed by atoms with E-state index in [2.05, 4.69) is 15.2 Å². The molecule has 3 heterocycles. The summed E-state index contributed by atoms with van der Waals surface area (Å²) in [4.78, 5) is 19.6. The second kappa shape index (κ2) is 8.47. The number of rotatable bonds is 6. The van der Waals surface area contributed by atoms with Gasteiger partial charge in [-0.2, -0.15) is 0 Å². The van der Waals surface area contributed by atoms with Crippen LogP contribution in [0.1, 0.15) is 22.1 Å². The minimum atomic E-state index is -0.175. The number of morpholine rings is 1. The Hall–Kier alpha value is -2.48. The second-order valence-electron chi connectivity index (χ2n) is 6.36. The third-order valence-electron chi connectivity index (χ3n) is 4.52. The molecule has 1 saturated heterocycles. The topological polar surface area (TPSA) is 67.6 Å². The van der Waals surface area contributed by atoms with Crippen molar-refractivity contribution >= 4 is 17.2 Å². The first-order chi connectivity index (χ1) is 13.3. The van der Waals surface area contributed by atoms with Crippen molar-refractivity contribution in [2.75, 3.05) is 32.8 Å². The minimum absolute atomic E-state index is 0.106. The first kappa shape index (κ1) is 17.9. The summed E-state index contributed by atoms with van der Waals surface area (Å²) in [5, 5.41) is 5.62. The fourth-order valence-corrected chi connectivity index (χ4v) is 3.85. The second-order valence-corrected chi connectivity index (χ2v) is 7.22. The standard InChI is InChI=1S/C20H21N3O3S/c24-19(17-14-27-20(22-17)18-7-4-10-26-18)21-16(15-5-2-1-3-6-15)13-23-8-11-25-12-9-23/h1-7,10,14,16H,8-9,11-13H2,(H,21,24). The summed E-state index contributed by atoms with van der Waals surface area (Å²) in [6.45, 7) is 3.95. The van der Waals surface area contributed by atoms with E-state index in [9.17, 15) is 4.79 Å². The van der Waals surface area contributed by atoms with Crippen LogP contribution in [0.5, 0.6) is 0 Å². The first-order valence-electron chi connectivity index (χ1n) is 8.95. The number of carbonyl (C=O) groups excluding carboxylic acids is 1. The highest BCUT2D eigenvalue weighted by Gasteiger charge is 2.22. The first-order valence-corrected chi connectivity index (χ1v) is 9.83. The maximum atomic E-state index is 12.8. The lowest BCUT2D eigenvalue weighted by Gasteiger charge is -2.31. The van der Waals surface area contributed by atoms with Crippen LogP contribution >= 0.6 is 11.3 Å². The van der Waals surface area contributed by atoms with Crippen LogP contribution in [0.25, 0.3) is 10.8 Å².